The fourth-order valence-electron chi connectivity index (χ4n) is 3.90. The summed E-state index contributed by atoms with van der Waals surface area (Å²) in [6, 6.07) is 0. The summed E-state index contributed by atoms with van der Waals surface area (Å²) < 4.78 is 378. The van der Waals surface area contributed by atoms with Crippen LogP contribution in [0.1, 0.15) is 19.3 Å². The van der Waals surface area contributed by atoms with Crippen molar-refractivity contribution in [2.75, 3.05) is 25.4 Å². The first-order chi connectivity index (χ1) is 23.1. The van der Waals surface area contributed by atoms with Gasteiger partial charge in [0, 0.05) is 31.7 Å². The number of halogens is 26. The molecule has 0 aliphatic carbocycles. The SMILES string of the molecule is O=S(=O)([O-])CCCN(CC(O)CC(F)(F)C(F)(F)C(F)(F)C(F)(F)C(F)(F)C(F)(F)F)CC(O)CC(F)(F)C(F)(F)C(F)(F)C(F)(F)C(F)(F)C(F)(F)F.[Na+]. The van der Waals surface area contributed by atoms with Gasteiger partial charge in [-0.15, -0.1) is 0 Å². The van der Waals surface area contributed by atoms with E-state index < -0.39 is 139 Å². The van der Waals surface area contributed by atoms with Gasteiger partial charge in [0.15, 0.2) is 0 Å². The Morgan fingerprint density at radius 2 is 0.691 bits per heavy atom. The molecule has 0 bridgehead atoms. The fourth-order valence-corrected chi connectivity index (χ4v) is 4.38. The topological polar surface area (TPSA) is 101 Å². The predicted molar refractivity (Wildman–Crippen MR) is 118 cm³/mol. The van der Waals surface area contributed by atoms with Crippen LogP contribution >= 0.6 is 0 Å². The molecule has 2 N–H and O–H groups in total. The minimum atomic E-state index is -8.42. The van der Waals surface area contributed by atoms with Gasteiger partial charge in [0.05, 0.1) is 22.3 Å². The van der Waals surface area contributed by atoms with Crippen LogP contribution in [0, 0.1) is 0 Å². The molecule has 0 spiro atoms. The molecular formula is C21H18F26NNaO5S. The Bertz CT molecular complexity index is 1300. The summed E-state index contributed by atoms with van der Waals surface area (Å²) in [7, 11) is -5.41. The van der Waals surface area contributed by atoms with Crippen LogP contribution in [0.2, 0.25) is 0 Å². The molecule has 0 saturated heterocycles. The quantitative estimate of drug-likeness (QED) is 0.108. The van der Waals surface area contributed by atoms with Crippen molar-refractivity contribution >= 4 is 10.1 Å². The Kier molecular flexibility index (Phi) is 16.9. The summed E-state index contributed by atoms with van der Waals surface area (Å²) in [6.45, 7) is -5.97. The number of rotatable bonds is 20. The molecule has 0 radical (unpaired) electrons. The van der Waals surface area contributed by atoms with E-state index in [1.807, 2.05) is 0 Å². The second-order valence-corrected chi connectivity index (χ2v) is 12.6. The van der Waals surface area contributed by atoms with Gasteiger partial charge in [-0.1, -0.05) is 0 Å². The summed E-state index contributed by atoms with van der Waals surface area (Å²) in [4.78, 5) is -0.377. The molecule has 55 heavy (non-hydrogen) atoms. The first-order valence-electron chi connectivity index (χ1n) is 13.0. The minimum absolute atomic E-state index is 0. The third-order valence-electron chi connectivity index (χ3n) is 6.79. The van der Waals surface area contributed by atoms with Crippen LogP contribution < -0.4 is 29.6 Å². The first-order valence-corrected chi connectivity index (χ1v) is 14.6. The van der Waals surface area contributed by atoms with Crippen LogP contribution in [0.5, 0.6) is 0 Å². The third-order valence-corrected chi connectivity index (χ3v) is 7.58. The van der Waals surface area contributed by atoms with E-state index in [0.717, 1.165) is 0 Å². The average molecular weight is 913 g/mol. The number of hydrogen-bond donors (Lipinski definition) is 2. The van der Waals surface area contributed by atoms with Crippen LogP contribution in [-0.4, -0.2) is 137 Å². The van der Waals surface area contributed by atoms with E-state index in [2.05, 4.69) is 0 Å². The summed E-state index contributed by atoms with van der Waals surface area (Å²) >= 11 is 0. The van der Waals surface area contributed by atoms with Gasteiger partial charge in [-0.2, -0.15) is 114 Å². The zero-order valence-corrected chi connectivity index (χ0v) is 28.7. The van der Waals surface area contributed by atoms with E-state index in [9.17, 15) is 137 Å². The smallest absolute Gasteiger partial charge is 0.748 e. The molecule has 0 saturated carbocycles. The summed E-state index contributed by atoms with van der Waals surface area (Å²) in [5.74, 6) is -81.9. The van der Waals surface area contributed by atoms with Gasteiger partial charge in [-0.25, -0.2) is 8.42 Å². The van der Waals surface area contributed by atoms with E-state index >= 15 is 0 Å². The fraction of sp³-hybridized carbons (Fsp3) is 1.00. The van der Waals surface area contributed by atoms with Crippen molar-refractivity contribution in [1.82, 2.24) is 4.90 Å². The molecular weight excluding hydrogens is 895 g/mol. The Morgan fingerprint density at radius 1 is 0.455 bits per heavy atom. The van der Waals surface area contributed by atoms with Crippen LogP contribution in [-0.2, 0) is 10.1 Å². The monoisotopic (exact) mass is 913 g/mol. The van der Waals surface area contributed by atoms with Gasteiger partial charge in [0.25, 0.3) is 0 Å². The Balaban J connectivity index is 0. The molecule has 2 unspecified atom stereocenters. The standard InChI is InChI=1S/C21H19F26NO5S.Na/c22-10(23,12(26,27)14(30,31)16(34,35)18(38,39)20(42,43)44)4-8(49)6-48(2-1-3-54(51,52)53)7-9(50)5-11(24,25)13(28,29)15(32,33)17(36,37)19(40,41)21(45,46)47;/h8-9,49-50H,1-7H2,(H,51,52,53);/q;+1/p-1. The maximum absolute atomic E-state index is 14.1. The molecule has 0 aromatic heterocycles. The van der Waals surface area contributed by atoms with Gasteiger partial charge in [-0.05, 0) is 13.0 Å². The predicted octanol–water partition coefficient (Wildman–Crippen LogP) is 4.21. The molecule has 2 atom stereocenters. The van der Waals surface area contributed by atoms with E-state index in [1.165, 1.54) is 0 Å². The third kappa shape index (κ3) is 10.6. The van der Waals surface area contributed by atoms with Crippen molar-refractivity contribution in [2.45, 2.75) is 103 Å². The van der Waals surface area contributed by atoms with Crippen molar-refractivity contribution in [2.24, 2.45) is 0 Å². The van der Waals surface area contributed by atoms with Gasteiger partial charge in [-0.3, -0.25) is 4.90 Å². The second kappa shape index (κ2) is 16.6. The number of aliphatic hydroxyl groups excluding tert-OH is 2. The van der Waals surface area contributed by atoms with E-state index in [1.54, 1.807) is 0 Å². The van der Waals surface area contributed by atoms with E-state index in [4.69, 9.17) is 0 Å². The number of nitrogens with zero attached hydrogens (tertiary/aromatic N) is 1. The number of aliphatic hydroxyl groups is 2. The second-order valence-electron chi connectivity index (χ2n) is 11.1. The Morgan fingerprint density at radius 3 is 0.909 bits per heavy atom. The molecule has 0 aliphatic rings. The summed E-state index contributed by atoms with van der Waals surface area (Å²) in [5, 5.41) is 19.3. The van der Waals surface area contributed by atoms with Crippen molar-refractivity contribution in [1.29, 1.82) is 0 Å². The van der Waals surface area contributed by atoms with Crippen molar-refractivity contribution in [3.8, 4) is 0 Å². The molecule has 0 heterocycles. The molecule has 326 valence electrons. The molecule has 0 amide bonds. The zero-order chi connectivity index (χ0) is 44.2. The Hall–Kier alpha value is -1.03. The molecule has 6 nitrogen and oxygen atoms in total. The minimum Gasteiger partial charge on any atom is -0.748 e. The molecule has 0 fully saturated rings. The van der Waals surface area contributed by atoms with Gasteiger partial charge in [0.1, 0.15) is 0 Å². The largest absolute Gasteiger partial charge is 1.00 e. The Labute approximate surface area is 310 Å². The normalized spacial score (nSPS) is 17.0. The van der Waals surface area contributed by atoms with Crippen molar-refractivity contribution < 1.29 is 167 Å². The van der Waals surface area contributed by atoms with Crippen LogP contribution in [0.25, 0.3) is 0 Å². The molecule has 34 heteroatoms. The van der Waals surface area contributed by atoms with Crippen LogP contribution in [0.4, 0.5) is 114 Å². The summed E-state index contributed by atoms with van der Waals surface area (Å²) in [6.07, 6.45) is -31.3. The first kappa shape index (κ1) is 56.1. The molecule has 0 aromatic carbocycles. The van der Waals surface area contributed by atoms with E-state index in [-0.39, 0.29) is 34.5 Å². The zero-order valence-electron chi connectivity index (χ0n) is 25.9. The van der Waals surface area contributed by atoms with Crippen LogP contribution in [0.3, 0.4) is 0 Å². The van der Waals surface area contributed by atoms with Crippen molar-refractivity contribution in [3.05, 3.63) is 0 Å². The van der Waals surface area contributed by atoms with Crippen LogP contribution in [0.15, 0.2) is 0 Å². The number of hydrogen-bond acceptors (Lipinski definition) is 6. The molecule has 0 aromatic rings. The van der Waals surface area contributed by atoms with Gasteiger partial charge < -0.3 is 14.8 Å². The molecule has 0 aliphatic heterocycles. The summed E-state index contributed by atoms with van der Waals surface area (Å²) in [5.41, 5.74) is 0. The average Bonchev–Trinajstić information content (AvgIpc) is 2.89. The van der Waals surface area contributed by atoms with E-state index in [0.29, 0.717) is 0 Å². The van der Waals surface area contributed by atoms with Gasteiger partial charge >= 0.3 is 101 Å². The maximum Gasteiger partial charge on any atom is 1.00 e. The van der Waals surface area contributed by atoms with Crippen molar-refractivity contribution in [3.63, 3.8) is 0 Å². The maximum atomic E-state index is 14.1. The molecule has 0 rings (SSSR count). The number of alkyl halides is 26. The van der Waals surface area contributed by atoms with Gasteiger partial charge in [0.2, 0.25) is 0 Å².